The van der Waals surface area contributed by atoms with Crippen molar-refractivity contribution in [3.05, 3.63) is 23.9 Å². The highest BCUT2D eigenvalue weighted by Crippen LogP contribution is 2.28. The zero-order valence-electron chi connectivity index (χ0n) is 11.8. The number of rotatable bonds is 4. The van der Waals surface area contributed by atoms with Gasteiger partial charge in [-0.1, -0.05) is 6.58 Å². The number of hydrogen-bond donors (Lipinski definition) is 2. The second-order valence-corrected chi connectivity index (χ2v) is 4.71. The minimum Gasteiger partial charge on any atom is -0.373 e. The number of carbonyl (C=O) groups excluding carboxylic acids is 2. The molecule has 0 unspecified atom stereocenters. The predicted molar refractivity (Wildman–Crippen MR) is 78.7 cm³/mol. The Morgan fingerprint density at radius 3 is 2.86 bits per heavy atom. The number of hydrogen-bond acceptors (Lipinski definition) is 4. The van der Waals surface area contributed by atoms with Crippen molar-refractivity contribution in [2.45, 2.75) is 12.5 Å². The van der Waals surface area contributed by atoms with Crippen molar-refractivity contribution in [1.29, 1.82) is 0 Å². The van der Waals surface area contributed by atoms with Crippen molar-refractivity contribution in [3.8, 4) is 12.3 Å². The Hall–Kier alpha value is -2.75. The van der Waals surface area contributed by atoms with Crippen molar-refractivity contribution in [3.63, 3.8) is 0 Å². The molecule has 2 amide bonds. The maximum Gasteiger partial charge on any atom is 0.255 e. The Morgan fingerprint density at radius 1 is 1.62 bits per heavy atom. The van der Waals surface area contributed by atoms with Crippen LogP contribution in [0.5, 0.6) is 0 Å². The van der Waals surface area contributed by atoms with Crippen LogP contribution in [0.25, 0.3) is 0 Å². The summed E-state index contributed by atoms with van der Waals surface area (Å²) in [6.45, 7) is 4.57. The molecule has 1 atom stereocenters. The average Bonchev–Trinajstić information content (AvgIpc) is 3.09. The number of likely N-dealkylation sites (tertiary alicyclic amines) is 1. The van der Waals surface area contributed by atoms with E-state index in [1.54, 1.807) is 16.6 Å². The molecule has 3 N–H and O–H groups in total. The quantitative estimate of drug-likeness (QED) is 0.600. The SMILES string of the molecule is C#Cc1nn([C@H]2CCN(C(=O)C=C)C2)c(NC)c1C(N)=O. The van der Waals surface area contributed by atoms with Crippen molar-refractivity contribution in [2.75, 3.05) is 25.5 Å². The molecular weight excluding hydrogens is 270 g/mol. The summed E-state index contributed by atoms with van der Waals surface area (Å²) < 4.78 is 1.64. The van der Waals surface area contributed by atoms with Gasteiger partial charge in [-0.3, -0.25) is 9.59 Å². The Bertz CT molecular complexity index is 641. The van der Waals surface area contributed by atoms with E-state index in [1.165, 1.54) is 6.08 Å². The molecule has 1 fully saturated rings. The lowest BCUT2D eigenvalue weighted by molar-refractivity contribution is -0.125. The molecule has 1 aromatic rings. The molecule has 110 valence electrons. The van der Waals surface area contributed by atoms with Gasteiger partial charge >= 0.3 is 0 Å². The highest BCUT2D eigenvalue weighted by molar-refractivity contribution is 6.00. The van der Waals surface area contributed by atoms with Crippen LogP contribution < -0.4 is 11.1 Å². The minimum atomic E-state index is -0.629. The van der Waals surface area contributed by atoms with Crippen LogP contribution in [-0.2, 0) is 4.79 Å². The zero-order chi connectivity index (χ0) is 15.6. The summed E-state index contributed by atoms with van der Waals surface area (Å²) in [6.07, 6.45) is 7.39. The lowest BCUT2D eigenvalue weighted by atomic mass is 10.2. The van der Waals surface area contributed by atoms with Crippen LogP contribution in [0.1, 0.15) is 28.5 Å². The van der Waals surface area contributed by atoms with E-state index in [4.69, 9.17) is 12.2 Å². The van der Waals surface area contributed by atoms with Gasteiger partial charge in [-0.05, 0) is 18.4 Å². The number of amides is 2. The topological polar surface area (TPSA) is 93.2 Å². The molecule has 0 aromatic carbocycles. The second-order valence-electron chi connectivity index (χ2n) is 4.71. The number of carbonyl (C=O) groups is 2. The van der Waals surface area contributed by atoms with Crippen molar-refractivity contribution in [2.24, 2.45) is 5.73 Å². The molecule has 0 bridgehead atoms. The summed E-state index contributed by atoms with van der Waals surface area (Å²) in [5.41, 5.74) is 5.78. The predicted octanol–water partition coefficient (Wildman–Crippen LogP) is -0.0356. The Labute approximate surface area is 122 Å². The fourth-order valence-electron chi connectivity index (χ4n) is 2.54. The Kier molecular flexibility index (Phi) is 3.98. The molecule has 1 saturated heterocycles. The number of terminal acetylenes is 1. The van der Waals surface area contributed by atoms with Gasteiger partial charge in [-0.25, -0.2) is 4.68 Å². The second kappa shape index (κ2) is 5.71. The van der Waals surface area contributed by atoms with Gasteiger partial charge in [0.05, 0.1) is 6.04 Å². The van der Waals surface area contributed by atoms with E-state index in [0.29, 0.717) is 18.9 Å². The van der Waals surface area contributed by atoms with Crippen LogP contribution in [0.3, 0.4) is 0 Å². The van der Waals surface area contributed by atoms with Crippen molar-refractivity contribution >= 4 is 17.6 Å². The number of nitrogens with zero attached hydrogens (tertiary/aromatic N) is 3. The normalized spacial score (nSPS) is 17.3. The van der Waals surface area contributed by atoms with E-state index in [1.807, 2.05) is 0 Å². The van der Waals surface area contributed by atoms with Gasteiger partial charge in [0, 0.05) is 20.1 Å². The van der Waals surface area contributed by atoms with Crippen molar-refractivity contribution in [1.82, 2.24) is 14.7 Å². The monoisotopic (exact) mass is 287 g/mol. The molecule has 0 saturated carbocycles. The molecule has 2 heterocycles. The third-order valence-corrected chi connectivity index (χ3v) is 3.53. The van der Waals surface area contributed by atoms with Gasteiger partial charge in [-0.2, -0.15) is 5.10 Å². The Morgan fingerprint density at radius 2 is 2.33 bits per heavy atom. The summed E-state index contributed by atoms with van der Waals surface area (Å²) in [7, 11) is 1.67. The number of nitrogens with one attached hydrogen (secondary N) is 1. The van der Waals surface area contributed by atoms with Crippen LogP contribution in [0.2, 0.25) is 0 Å². The van der Waals surface area contributed by atoms with Gasteiger partial charge in [0.1, 0.15) is 17.1 Å². The lowest BCUT2D eigenvalue weighted by Crippen LogP contribution is -2.27. The highest BCUT2D eigenvalue weighted by Gasteiger charge is 2.31. The molecule has 2 rings (SSSR count). The number of anilines is 1. The van der Waals surface area contributed by atoms with Gasteiger partial charge in [0.25, 0.3) is 5.91 Å². The van der Waals surface area contributed by atoms with Gasteiger partial charge in [0.15, 0.2) is 0 Å². The third kappa shape index (κ3) is 2.48. The summed E-state index contributed by atoms with van der Waals surface area (Å²) in [5.74, 6) is 2.10. The average molecular weight is 287 g/mol. The molecule has 0 spiro atoms. The van der Waals surface area contributed by atoms with Crippen LogP contribution in [0, 0.1) is 12.3 Å². The molecule has 0 aliphatic carbocycles. The summed E-state index contributed by atoms with van der Waals surface area (Å²) >= 11 is 0. The van der Waals surface area contributed by atoms with E-state index < -0.39 is 5.91 Å². The number of nitrogens with two attached hydrogens (primary N) is 1. The van der Waals surface area contributed by atoms with E-state index in [9.17, 15) is 9.59 Å². The molecule has 1 aliphatic heterocycles. The van der Waals surface area contributed by atoms with E-state index in [-0.39, 0.29) is 23.2 Å². The number of primary amides is 1. The largest absolute Gasteiger partial charge is 0.373 e. The summed E-state index contributed by atoms with van der Waals surface area (Å²) in [5, 5.41) is 7.19. The molecule has 7 heteroatoms. The molecule has 7 nitrogen and oxygen atoms in total. The first-order chi connectivity index (χ1) is 10.0. The zero-order valence-corrected chi connectivity index (χ0v) is 11.8. The van der Waals surface area contributed by atoms with Gasteiger partial charge in [-0.15, -0.1) is 6.42 Å². The molecular formula is C14H17N5O2. The standard InChI is InChI=1S/C14H17N5O2/c1-4-10-12(13(15)21)14(16-3)19(17-10)9-6-7-18(8-9)11(20)5-2/h1,5,9,16H,2,6-8H2,3H3,(H2,15,21)/t9-/m0/s1. The van der Waals surface area contributed by atoms with Gasteiger partial charge in [0.2, 0.25) is 5.91 Å². The fraction of sp³-hybridized carbons (Fsp3) is 0.357. The molecule has 0 radical (unpaired) electrons. The van der Waals surface area contributed by atoms with E-state index >= 15 is 0 Å². The highest BCUT2D eigenvalue weighted by atomic mass is 16.2. The van der Waals surface area contributed by atoms with Gasteiger partial charge < -0.3 is 16.0 Å². The van der Waals surface area contributed by atoms with Crippen LogP contribution in [-0.4, -0.2) is 46.6 Å². The molecule has 1 aromatic heterocycles. The van der Waals surface area contributed by atoms with Crippen LogP contribution >= 0.6 is 0 Å². The van der Waals surface area contributed by atoms with E-state index in [0.717, 1.165) is 6.42 Å². The first-order valence-electron chi connectivity index (χ1n) is 6.51. The maximum atomic E-state index is 11.6. The van der Waals surface area contributed by atoms with E-state index in [2.05, 4.69) is 22.9 Å². The Balaban J connectivity index is 2.38. The molecule has 21 heavy (non-hydrogen) atoms. The number of aromatic nitrogens is 2. The smallest absolute Gasteiger partial charge is 0.255 e. The van der Waals surface area contributed by atoms with Crippen molar-refractivity contribution < 1.29 is 9.59 Å². The first kappa shape index (κ1) is 14.7. The minimum absolute atomic E-state index is 0.0588. The van der Waals surface area contributed by atoms with Crippen LogP contribution in [0.15, 0.2) is 12.7 Å². The first-order valence-corrected chi connectivity index (χ1v) is 6.51. The van der Waals surface area contributed by atoms with Crippen LogP contribution in [0.4, 0.5) is 5.82 Å². The molecule has 1 aliphatic rings. The fourth-order valence-corrected chi connectivity index (χ4v) is 2.54. The summed E-state index contributed by atoms with van der Waals surface area (Å²) in [6, 6.07) is -0.0588. The third-order valence-electron chi connectivity index (χ3n) is 3.53. The summed E-state index contributed by atoms with van der Waals surface area (Å²) in [4.78, 5) is 24.9. The lowest BCUT2D eigenvalue weighted by Gasteiger charge is -2.16. The maximum absolute atomic E-state index is 11.6.